The number of pyridine rings is 1. The Morgan fingerprint density at radius 3 is 2.61 bits per heavy atom. The molecule has 11 nitrogen and oxygen atoms in total. The smallest absolute Gasteiger partial charge is 0.403 e. The van der Waals surface area contributed by atoms with Gasteiger partial charge in [0.05, 0.1) is 53.2 Å². The van der Waals surface area contributed by atoms with E-state index in [4.69, 9.17) is 5.73 Å². The molecule has 1 amide bonds. The number of fused-ring (bicyclic) bond motifs is 2. The Bertz CT molecular complexity index is 1820. The van der Waals surface area contributed by atoms with Crippen molar-refractivity contribution < 1.29 is 18.0 Å². The first-order valence-corrected chi connectivity index (χ1v) is 14.3. The van der Waals surface area contributed by atoms with Crippen molar-refractivity contribution in [2.45, 2.75) is 38.4 Å². The number of amides is 1. The molecule has 0 unspecified atom stereocenters. The molecule has 1 aliphatic rings. The second kappa shape index (κ2) is 12.5. The van der Waals surface area contributed by atoms with Gasteiger partial charge in [-0.15, -0.1) is 5.10 Å². The van der Waals surface area contributed by atoms with E-state index in [2.05, 4.69) is 46.5 Å². The molecule has 0 spiro atoms. The van der Waals surface area contributed by atoms with Crippen LogP contribution in [0.5, 0.6) is 0 Å². The van der Waals surface area contributed by atoms with Crippen LogP contribution in [0.15, 0.2) is 81.4 Å². The summed E-state index contributed by atoms with van der Waals surface area (Å²) in [5.41, 5.74) is 4.31. The van der Waals surface area contributed by atoms with Crippen LogP contribution in [0.4, 0.5) is 13.2 Å². The lowest BCUT2D eigenvalue weighted by Crippen LogP contribution is -2.35. The number of halogens is 4. The van der Waals surface area contributed by atoms with Crippen LogP contribution < -0.4 is 16.6 Å². The third-order valence-corrected chi connectivity index (χ3v) is 7.85. The van der Waals surface area contributed by atoms with Gasteiger partial charge < -0.3 is 11.1 Å². The molecule has 1 aliphatic heterocycles. The fraction of sp³-hybridized carbons (Fsp3) is 0.276. The maximum atomic E-state index is 14.8. The standard InChI is InChI=1S/C29H27BrF3N9O2/c1-16-4-3-5-23(20-12-17(8-9-36-20)25(35-2)21(14-34)39-27(16)43)41-15-37-26(24(28(41)44)29(31,32)33)19-13-18(30)6-7-22(19)42-11-10-38-40-42/h6-16,23H,3-5,34H2,1-2H3,(H,39,43)/t16-,23+/m1/s1. The molecule has 0 saturated heterocycles. The van der Waals surface area contributed by atoms with Gasteiger partial charge in [0.25, 0.3) is 5.56 Å². The number of nitrogens with two attached hydrogens (primary N) is 1. The zero-order valence-electron chi connectivity index (χ0n) is 23.6. The van der Waals surface area contributed by atoms with Crippen molar-refractivity contribution in [3.63, 3.8) is 0 Å². The molecule has 0 radical (unpaired) electrons. The molecule has 2 bridgehead atoms. The molecule has 0 fully saturated rings. The minimum atomic E-state index is -5.06. The summed E-state index contributed by atoms with van der Waals surface area (Å²) in [4.78, 5) is 39.7. The fourth-order valence-corrected chi connectivity index (χ4v) is 5.54. The Morgan fingerprint density at radius 1 is 1.14 bits per heavy atom. The average Bonchev–Trinajstić information content (AvgIpc) is 3.53. The first-order chi connectivity index (χ1) is 21.0. The van der Waals surface area contributed by atoms with Crippen LogP contribution in [0.25, 0.3) is 16.9 Å². The number of aliphatic imine (C=N–C) groups is 1. The van der Waals surface area contributed by atoms with E-state index in [1.807, 2.05) is 0 Å². The number of aromatic nitrogens is 6. The van der Waals surface area contributed by atoms with Crippen molar-refractivity contribution >= 4 is 27.5 Å². The fourth-order valence-electron chi connectivity index (χ4n) is 5.18. The molecule has 0 saturated carbocycles. The number of nitrogens with zero attached hydrogens (tertiary/aromatic N) is 7. The number of carbonyl (C=O) groups is 1. The molecular formula is C29H27BrF3N9O2. The van der Waals surface area contributed by atoms with Crippen molar-refractivity contribution in [1.29, 1.82) is 0 Å². The quantitative estimate of drug-likeness (QED) is 0.329. The Hall–Kier alpha value is -4.66. The van der Waals surface area contributed by atoms with Crippen molar-refractivity contribution in [2.24, 2.45) is 16.6 Å². The highest BCUT2D eigenvalue weighted by molar-refractivity contribution is 9.10. The third-order valence-electron chi connectivity index (χ3n) is 7.36. The van der Waals surface area contributed by atoms with E-state index in [1.165, 1.54) is 42.6 Å². The highest BCUT2D eigenvalue weighted by Crippen LogP contribution is 2.37. The molecule has 1 aromatic carbocycles. The third kappa shape index (κ3) is 6.04. The van der Waals surface area contributed by atoms with Gasteiger partial charge in [-0.05, 0) is 43.2 Å². The van der Waals surface area contributed by atoms with E-state index in [0.29, 0.717) is 34.3 Å². The van der Waals surface area contributed by atoms with Gasteiger partial charge in [-0.3, -0.25) is 24.1 Å². The molecule has 44 heavy (non-hydrogen) atoms. The predicted octanol–water partition coefficient (Wildman–Crippen LogP) is 4.41. The van der Waals surface area contributed by atoms with Crippen LogP contribution in [0, 0.1) is 5.92 Å². The number of benzene rings is 1. The number of nitrogens with one attached hydrogen (secondary N) is 1. The van der Waals surface area contributed by atoms with Crippen molar-refractivity contribution in [1.82, 2.24) is 34.8 Å². The molecular weight excluding hydrogens is 643 g/mol. The first-order valence-electron chi connectivity index (χ1n) is 13.5. The van der Waals surface area contributed by atoms with Crippen LogP contribution in [0.2, 0.25) is 0 Å². The molecule has 15 heteroatoms. The molecule has 4 aromatic rings. The van der Waals surface area contributed by atoms with Gasteiger partial charge >= 0.3 is 6.18 Å². The van der Waals surface area contributed by atoms with E-state index in [9.17, 15) is 22.8 Å². The Labute approximate surface area is 257 Å². The van der Waals surface area contributed by atoms with Crippen LogP contribution >= 0.6 is 15.9 Å². The molecule has 2 atom stereocenters. The number of allylic oxidation sites excluding steroid dienone is 1. The number of rotatable bonds is 3. The first kappa shape index (κ1) is 30.8. The van der Waals surface area contributed by atoms with Crippen molar-refractivity contribution in [3.8, 4) is 16.9 Å². The molecule has 3 N–H and O–H groups in total. The van der Waals surface area contributed by atoms with E-state index < -0.39 is 35.0 Å². The Balaban J connectivity index is 1.72. The summed E-state index contributed by atoms with van der Waals surface area (Å²) in [5, 5.41) is 10.5. The summed E-state index contributed by atoms with van der Waals surface area (Å²) in [7, 11) is 1.52. The molecule has 3 aromatic heterocycles. The number of hydrogen-bond donors (Lipinski definition) is 2. The van der Waals surface area contributed by atoms with E-state index in [0.717, 1.165) is 10.9 Å². The molecule has 0 aliphatic carbocycles. The van der Waals surface area contributed by atoms with Crippen molar-refractivity contribution in [2.75, 3.05) is 7.05 Å². The number of hydrogen-bond acceptors (Lipinski definition) is 8. The number of alkyl halides is 3. The summed E-state index contributed by atoms with van der Waals surface area (Å²) in [6.07, 6.45) is 2.63. The van der Waals surface area contributed by atoms with E-state index in [1.54, 1.807) is 31.2 Å². The van der Waals surface area contributed by atoms with Crippen LogP contribution in [-0.4, -0.2) is 48.2 Å². The average molecular weight is 670 g/mol. The van der Waals surface area contributed by atoms with Crippen LogP contribution in [0.1, 0.15) is 49.0 Å². The topological polar surface area (TPSA) is 146 Å². The highest BCUT2D eigenvalue weighted by atomic mass is 79.9. The van der Waals surface area contributed by atoms with Gasteiger partial charge in [-0.2, -0.15) is 13.2 Å². The van der Waals surface area contributed by atoms with Crippen molar-refractivity contribution in [3.05, 3.63) is 98.8 Å². The Morgan fingerprint density at radius 2 is 1.93 bits per heavy atom. The summed E-state index contributed by atoms with van der Waals surface area (Å²) in [6.45, 7) is 1.74. The zero-order chi connectivity index (χ0) is 31.6. The summed E-state index contributed by atoms with van der Waals surface area (Å²) >= 11 is 3.31. The van der Waals surface area contributed by atoms with Crippen LogP contribution in [0.3, 0.4) is 0 Å². The largest absolute Gasteiger partial charge is 0.423 e. The SMILES string of the molecule is CN=C1C(=CN)NC(=O)[C@H](C)CCC[C@H](n2cnc(-c3cc(Br)ccc3-n3ccnn3)c(C(F)(F)F)c2=O)c2cc1ccn2. The Kier molecular flexibility index (Phi) is 8.76. The van der Waals surface area contributed by atoms with E-state index >= 15 is 0 Å². The molecule has 228 valence electrons. The van der Waals surface area contributed by atoms with Gasteiger partial charge in [-0.1, -0.05) is 34.5 Å². The van der Waals surface area contributed by atoms with Crippen LogP contribution in [-0.2, 0) is 11.0 Å². The van der Waals surface area contributed by atoms with Gasteiger partial charge in [0.2, 0.25) is 5.91 Å². The maximum Gasteiger partial charge on any atom is 0.423 e. The van der Waals surface area contributed by atoms with E-state index in [-0.39, 0.29) is 29.3 Å². The normalized spacial score (nSPS) is 19.8. The minimum Gasteiger partial charge on any atom is -0.403 e. The second-order valence-electron chi connectivity index (χ2n) is 10.1. The number of carbonyl (C=O) groups excluding carboxylic acids is 1. The highest BCUT2D eigenvalue weighted by Gasteiger charge is 2.40. The van der Waals surface area contributed by atoms with Gasteiger partial charge in [0, 0.05) is 41.0 Å². The monoisotopic (exact) mass is 669 g/mol. The van der Waals surface area contributed by atoms with Gasteiger partial charge in [-0.25, -0.2) is 9.67 Å². The predicted molar refractivity (Wildman–Crippen MR) is 160 cm³/mol. The van der Waals surface area contributed by atoms with Gasteiger partial charge in [0.1, 0.15) is 5.56 Å². The summed E-state index contributed by atoms with van der Waals surface area (Å²) in [5.74, 6) is -0.738. The maximum absolute atomic E-state index is 14.8. The summed E-state index contributed by atoms with van der Waals surface area (Å²) in [6, 6.07) is 6.97. The lowest BCUT2D eigenvalue weighted by Gasteiger charge is -2.24. The second-order valence-corrected chi connectivity index (χ2v) is 11.1. The molecule has 5 rings (SSSR count). The van der Waals surface area contributed by atoms with Gasteiger partial charge in [0.15, 0.2) is 0 Å². The zero-order valence-corrected chi connectivity index (χ0v) is 25.2. The minimum absolute atomic E-state index is 0.0324. The lowest BCUT2D eigenvalue weighted by atomic mass is 9.96. The lowest BCUT2D eigenvalue weighted by molar-refractivity contribution is -0.138. The summed E-state index contributed by atoms with van der Waals surface area (Å²) < 4.78 is 47.1. The molecule has 4 heterocycles.